The SMILES string of the molecule is C#CCOc1ccc(CCC(=O)NCc2ccc(OC(F)(F)F)cc2)cc1OC. The molecule has 0 bridgehead atoms. The third kappa shape index (κ3) is 7.66. The molecular weight excluding hydrogens is 387 g/mol. The third-order valence-corrected chi connectivity index (χ3v) is 3.83. The van der Waals surface area contributed by atoms with E-state index in [1.807, 2.05) is 6.07 Å². The minimum atomic E-state index is -4.73. The summed E-state index contributed by atoms with van der Waals surface area (Å²) in [5.74, 6) is 2.93. The summed E-state index contributed by atoms with van der Waals surface area (Å²) in [7, 11) is 1.51. The average Bonchev–Trinajstić information content (AvgIpc) is 2.69. The number of alkyl halides is 3. The first-order valence-electron chi connectivity index (χ1n) is 8.65. The second-order valence-electron chi connectivity index (χ2n) is 5.95. The number of methoxy groups -OCH3 is 1. The monoisotopic (exact) mass is 407 g/mol. The van der Waals surface area contributed by atoms with Gasteiger partial charge in [0.25, 0.3) is 0 Å². The Balaban J connectivity index is 1.82. The molecule has 0 atom stereocenters. The maximum absolute atomic E-state index is 12.1. The Morgan fingerprint density at radius 2 is 1.79 bits per heavy atom. The number of rotatable bonds is 9. The zero-order chi connectivity index (χ0) is 21.3. The van der Waals surface area contributed by atoms with Gasteiger partial charge in [0, 0.05) is 13.0 Å². The van der Waals surface area contributed by atoms with Crippen LogP contribution in [0.3, 0.4) is 0 Å². The van der Waals surface area contributed by atoms with E-state index in [4.69, 9.17) is 15.9 Å². The minimum Gasteiger partial charge on any atom is -0.493 e. The van der Waals surface area contributed by atoms with Gasteiger partial charge in [0.15, 0.2) is 11.5 Å². The van der Waals surface area contributed by atoms with Crippen molar-refractivity contribution < 1.29 is 32.2 Å². The van der Waals surface area contributed by atoms with Gasteiger partial charge in [-0.2, -0.15) is 0 Å². The lowest BCUT2D eigenvalue weighted by Gasteiger charge is -2.11. The second-order valence-corrected chi connectivity index (χ2v) is 5.95. The van der Waals surface area contributed by atoms with Gasteiger partial charge in [-0.15, -0.1) is 19.6 Å². The molecule has 0 saturated heterocycles. The predicted molar refractivity (Wildman–Crippen MR) is 101 cm³/mol. The Hall–Kier alpha value is -3.34. The van der Waals surface area contributed by atoms with Crippen LogP contribution in [0.15, 0.2) is 42.5 Å². The molecule has 2 rings (SSSR count). The molecule has 1 amide bonds. The number of halogens is 3. The van der Waals surface area contributed by atoms with Gasteiger partial charge in [0.1, 0.15) is 12.4 Å². The summed E-state index contributed by atoms with van der Waals surface area (Å²) in [5.41, 5.74) is 1.54. The fraction of sp³-hybridized carbons (Fsp3) is 0.286. The molecule has 2 aromatic rings. The standard InChI is InChI=1S/C21H20F3NO4/c1-3-12-28-18-10-6-15(13-19(18)27-2)7-11-20(26)25-14-16-4-8-17(9-5-16)29-21(22,23)24/h1,4-6,8-10,13H,7,11-12,14H2,2H3,(H,25,26). The largest absolute Gasteiger partial charge is 0.573 e. The Bertz CT molecular complexity index is 858. The van der Waals surface area contributed by atoms with Crippen LogP contribution in [0.1, 0.15) is 17.5 Å². The number of aryl methyl sites for hydroxylation is 1. The summed E-state index contributed by atoms with van der Waals surface area (Å²) in [4.78, 5) is 12.0. The van der Waals surface area contributed by atoms with Gasteiger partial charge in [-0.25, -0.2) is 0 Å². The van der Waals surface area contributed by atoms with Gasteiger partial charge in [-0.3, -0.25) is 4.79 Å². The van der Waals surface area contributed by atoms with E-state index in [9.17, 15) is 18.0 Å². The van der Waals surface area contributed by atoms with Crippen molar-refractivity contribution in [2.24, 2.45) is 0 Å². The summed E-state index contributed by atoms with van der Waals surface area (Å²) in [6.45, 7) is 0.328. The molecule has 8 heteroatoms. The van der Waals surface area contributed by atoms with Gasteiger partial charge in [0.2, 0.25) is 5.91 Å². The van der Waals surface area contributed by atoms with Crippen LogP contribution in [0.5, 0.6) is 17.2 Å². The molecule has 0 heterocycles. The number of carbonyl (C=O) groups is 1. The van der Waals surface area contributed by atoms with Crippen LogP contribution in [0.4, 0.5) is 13.2 Å². The van der Waals surface area contributed by atoms with Crippen LogP contribution >= 0.6 is 0 Å². The highest BCUT2D eigenvalue weighted by Gasteiger charge is 2.30. The quantitative estimate of drug-likeness (QED) is 0.642. The summed E-state index contributed by atoms with van der Waals surface area (Å²) in [6, 6.07) is 10.6. The Morgan fingerprint density at radius 3 is 2.41 bits per heavy atom. The van der Waals surface area contributed by atoms with E-state index < -0.39 is 6.36 Å². The molecule has 0 aromatic heterocycles. The van der Waals surface area contributed by atoms with Gasteiger partial charge < -0.3 is 19.5 Å². The van der Waals surface area contributed by atoms with E-state index in [1.54, 1.807) is 12.1 Å². The van der Waals surface area contributed by atoms with Crippen molar-refractivity contribution in [3.8, 4) is 29.6 Å². The number of hydrogen-bond donors (Lipinski definition) is 1. The van der Waals surface area contributed by atoms with Crippen LogP contribution < -0.4 is 19.5 Å². The van der Waals surface area contributed by atoms with E-state index in [0.29, 0.717) is 23.5 Å². The van der Waals surface area contributed by atoms with Crippen molar-refractivity contribution in [2.75, 3.05) is 13.7 Å². The van der Waals surface area contributed by atoms with Crippen molar-refractivity contribution >= 4 is 5.91 Å². The smallest absolute Gasteiger partial charge is 0.493 e. The van der Waals surface area contributed by atoms with E-state index in [-0.39, 0.29) is 31.2 Å². The second kappa shape index (κ2) is 10.3. The van der Waals surface area contributed by atoms with Crippen molar-refractivity contribution in [2.45, 2.75) is 25.7 Å². The number of terminal acetylenes is 1. The van der Waals surface area contributed by atoms with Crippen LogP contribution in [0.25, 0.3) is 0 Å². The molecule has 0 unspecified atom stereocenters. The molecule has 5 nitrogen and oxygen atoms in total. The van der Waals surface area contributed by atoms with E-state index >= 15 is 0 Å². The number of ether oxygens (including phenoxy) is 3. The number of amides is 1. The van der Waals surface area contributed by atoms with Gasteiger partial charge in [-0.05, 0) is 41.8 Å². The van der Waals surface area contributed by atoms with Gasteiger partial charge >= 0.3 is 6.36 Å². The molecule has 0 radical (unpaired) electrons. The summed E-state index contributed by atoms with van der Waals surface area (Å²) in [6.07, 6.45) is 1.16. The molecule has 0 aliphatic heterocycles. The highest BCUT2D eigenvalue weighted by molar-refractivity contribution is 5.76. The molecule has 1 N–H and O–H groups in total. The van der Waals surface area contributed by atoms with Crippen molar-refractivity contribution in [1.82, 2.24) is 5.32 Å². The lowest BCUT2D eigenvalue weighted by Crippen LogP contribution is -2.23. The molecule has 0 aliphatic rings. The number of benzene rings is 2. The van der Waals surface area contributed by atoms with Crippen molar-refractivity contribution in [1.29, 1.82) is 0 Å². The van der Waals surface area contributed by atoms with Crippen LogP contribution in [-0.4, -0.2) is 26.0 Å². The minimum absolute atomic E-state index is 0.126. The Labute approximate surface area is 166 Å². The van der Waals surface area contributed by atoms with Crippen LogP contribution in [0.2, 0.25) is 0 Å². The Morgan fingerprint density at radius 1 is 1.10 bits per heavy atom. The molecule has 0 spiro atoms. The zero-order valence-corrected chi connectivity index (χ0v) is 15.7. The Kier molecular flexibility index (Phi) is 7.78. The molecule has 0 aliphatic carbocycles. The topological polar surface area (TPSA) is 56.8 Å². The van der Waals surface area contributed by atoms with Crippen molar-refractivity contribution in [3.05, 3.63) is 53.6 Å². The molecule has 2 aromatic carbocycles. The lowest BCUT2D eigenvalue weighted by atomic mass is 10.1. The van der Waals surface area contributed by atoms with E-state index in [0.717, 1.165) is 5.56 Å². The summed E-state index contributed by atoms with van der Waals surface area (Å²) < 4.78 is 50.9. The van der Waals surface area contributed by atoms with Gasteiger partial charge in [0.05, 0.1) is 7.11 Å². The van der Waals surface area contributed by atoms with Crippen LogP contribution in [0, 0.1) is 12.3 Å². The first kappa shape index (κ1) is 22.0. The fourth-order valence-electron chi connectivity index (χ4n) is 2.46. The average molecular weight is 407 g/mol. The number of carbonyl (C=O) groups excluding carboxylic acids is 1. The predicted octanol–water partition coefficient (Wildman–Crippen LogP) is 3.85. The lowest BCUT2D eigenvalue weighted by molar-refractivity contribution is -0.274. The zero-order valence-electron chi connectivity index (χ0n) is 15.7. The van der Waals surface area contributed by atoms with E-state index in [1.165, 1.54) is 31.4 Å². The number of hydrogen-bond acceptors (Lipinski definition) is 4. The maximum Gasteiger partial charge on any atom is 0.573 e. The first-order valence-corrected chi connectivity index (χ1v) is 8.65. The highest BCUT2D eigenvalue weighted by atomic mass is 19.4. The molecule has 0 fully saturated rings. The fourth-order valence-corrected chi connectivity index (χ4v) is 2.46. The normalized spacial score (nSPS) is 10.7. The molecular formula is C21H20F3NO4. The van der Waals surface area contributed by atoms with Crippen LogP contribution in [-0.2, 0) is 17.8 Å². The van der Waals surface area contributed by atoms with Crippen molar-refractivity contribution in [3.63, 3.8) is 0 Å². The van der Waals surface area contributed by atoms with E-state index in [2.05, 4.69) is 16.0 Å². The maximum atomic E-state index is 12.1. The summed E-state index contributed by atoms with van der Waals surface area (Å²) in [5, 5.41) is 2.72. The summed E-state index contributed by atoms with van der Waals surface area (Å²) >= 11 is 0. The number of nitrogens with one attached hydrogen (secondary N) is 1. The molecule has 154 valence electrons. The first-order chi connectivity index (χ1) is 13.8. The van der Waals surface area contributed by atoms with Gasteiger partial charge in [-0.1, -0.05) is 24.1 Å². The molecule has 0 saturated carbocycles. The highest BCUT2D eigenvalue weighted by Crippen LogP contribution is 2.28. The molecule has 29 heavy (non-hydrogen) atoms. The third-order valence-electron chi connectivity index (χ3n) is 3.83.